The third-order valence-corrected chi connectivity index (χ3v) is 8.59. The summed E-state index contributed by atoms with van der Waals surface area (Å²) < 4.78 is 19.0. The maximum atomic E-state index is 6.39. The first-order chi connectivity index (χ1) is 21.2. The highest BCUT2D eigenvalue weighted by molar-refractivity contribution is 5.54. The molecule has 0 aliphatic rings. The lowest BCUT2D eigenvalue weighted by atomic mass is 10.1. The Kier molecular flexibility index (Phi) is 28.2. The van der Waals surface area contributed by atoms with Crippen molar-refractivity contribution in [2.45, 2.75) is 194 Å². The summed E-state index contributed by atoms with van der Waals surface area (Å²) in [7, 11) is 0. The number of ether oxygens (including phenoxy) is 3. The van der Waals surface area contributed by atoms with Gasteiger partial charge in [0.1, 0.15) is 0 Å². The van der Waals surface area contributed by atoms with E-state index in [0.29, 0.717) is 0 Å². The van der Waals surface area contributed by atoms with Crippen molar-refractivity contribution in [1.82, 2.24) is 0 Å². The molecule has 0 bridgehead atoms. The molecule has 0 saturated carbocycles. The summed E-state index contributed by atoms with van der Waals surface area (Å²) >= 11 is 0. The van der Waals surface area contributed by atoms with Gasteiger partial charge in [-0.1, -0.05) is 175 Å². The molecule has 1 aromatic rings. The topological polar surface area (TPSA) is 27.7 Å². The molecule has 0 atom stereocenters. The summed E-state index contributed by atoms with van der Waals surface area (Å²) in [5.74, 6) is 2.41. The van der Waals surface area contributed by atoms with E-state index >= 15 is 0 Å². The molecule has 43 heavy (non-hydrogen) atoms. The van der Waals surface area contributed by atoms with Crippen LogP contribution in [0.1, 0.15) is 200 Å². The molecular formula is C40H73O3. The summed E-state index contributed by atoms with van der Waals surface area (Å²) in [5.41, 5.74) is 0.930. The zero-order valence-electron chi connectivity index (χ0n) is 29.3. The van der Waals surface area contributed by atoms with Crippen LogP contribution in [-0.4, -0.2) is 19.8 Å². The Morgan fingerprint density at radius 3 is 0.930 bits per heavy atom. The summed E-state index contributed by atoms with van der Waals surface area (Å²) in [6.45, 7) is 13.2. The van der Waals surface area contributed by atoms with Crippen molar-refractivity contribution in [1.29, 1.82) is 0 Å². The van der Waals surface area contributed by atoms with Crippen LogP contribution >= 0.6 is 0 Å². The number of unbranched alkanes of at least 4 members (excludes halogenated alkanes) is 24. The zero-order valence-corrected chi connectivity index (χ0v) is 29.3. The van der Waals surface area contributed by atoms with Gasteiger partial charge in [-0.2, -0.15) is 0 Å². The van der Waals surface area contributed by atoms with E-state index in [4.69, 9.17) is 14.2 Å². The Morgan fingerprint density at radius 2 is 0.628 bits per heavy atom. The molecule has 1 rings (SSSR count). The van der Waals surface area contributed by atoms with Crippen molar-refractivity contribution in [3.8, 4) is 17.2 Å². The molecule has 1 aromatic carbocycles. The van der Waals surface area contributed by atoms with Crippen molar-refractivity contribution in [2.75, 3.05) is 19.8 Å². The molecule has 1 radical (unpaired) electrons. The maximum Gasteiger partial charge on any atom is 0.203 e. The van der Waals surface area contributed by atoms with Gasteiger partial charge in [0.05, 0.1) is 19.8 Å². The number of benzene rings is 1. The normalized spacial score (nSPS) is 11.3. The van der Waals surface area contributed by atoms with Gasteiger partial charge in [0.25, 0.3) is 0 Å². The lowest BCUT2D eigenvalue weighted by molar-refractivity contribution is 0.234. The predicted molar refractivity (Wildman–Crippen MR) is 189 cm³/mol. The van der Waals surface area contributed by atoms with Crippen LogP contribution in [0.25, 0.3) is 0 Å². The van der Waals surface area contributed by atoms with Gasteiger partial charge in [-0.15, -0.1) is 0 Å². The summed E-state index contributed by atoms with van der Waals surface area (Å²) in [6.07, 6.45) is 35.5. The van der Waals surface area contributed by atoms with E-state index in [1.165, 1.54) is 154 Å². The first kappa shape index (κ1) is 39.6. The molecular weight excluding hydrogens is 528 g/mol. The minimum Gasteiger partial charge on any atom is -0.490 e. The van der Waals surface area contributed by atoms with Gasteiger partial charge in [-0.25, -0.2) is 0 Å². The molecule has 3 nitrogen and oxygen atoms in total. The molecule has 0 N–H and O–H groups in total. The second kappa shape index (κ2) is 30.6. The molecule has 3 heteroatoms. The summed E-state index contributed by atoms with van der Waals surface area (Å²) in [5, 5.41) is 0. The van der Waals surface area contributed by atoms with Crippen LogP contribution in [0.4, 0.5) is 0 Å². The van der Waals surface area contributed by atoms with E-state index in [2.05, 4.69) is 27.7 Å². The molecule has 0 fully saturated rings. The van der Waals surface area contributed by atoms with Gasteiger partial charge in [0.2, 0.25) is 5.75 Å². The minimum absolute atomic E-state index is 0.717. The van der Waals surface area contributed by atoms with Crippen molar-refractivity contribution >= 4 is 0 Å². The van der Waals surface area contributed by atoms with Crippen molar-refractivity contribution in [3.05, 3.63) is 24.6 Å². The number of rotatable bonds is 33. The highest BCUT2D eigenvalue weighted by Gasteiger charge is 2.15. The smallest absolute Gasteiger partial charge is 0.203 e. The fraction of sp³-hybridized carbons (Fsp3) is 0.825. The Labute approximate surface area is 269 Å². The van der Waals surface area contributed by atoms with Gasteiger partial charge in [0, 0.05) is 0 Å². The van der Waals surface area contributed by atoms with Crippen LogP contribution in [0, 0.1) is 6.92 Å². The molecule has 0 amide bonds. The van der Waals surface area contributed by atoms with E-state index in [1.807, 2.05) is 12.1 Å². The second-order valence-corrected chi connectivity index (χ2v) is 13.0. The SMILES string of the molecule is [CH2]c1cc(OCCCCCCCCCCC)c(OCCCCCCCCCCC)c(OCCCCCCCCCCC)c1. The Morgan fingerprint density at radius 1 is 0.372 bits per heavy atom. The average Bonchev–Trinajstić information content (AvgIpc) is 3.00. The van der Waals surface area contributed by atoms with E-state index in [0.717, 1.165) is 61.9 Å². The molecule has 0 heterocycles. The number of hydrogen-bond donors (Lipinski definition) is 0. The second-order valence-electron chi connectivity index (χ2n) is 13.0. The number of hydrogen-bond acceptors (Lipinski definition) is 3. The fourth-order valence-electron chi connectivity index (χ4n) is 5.76. The Balaban J connectivity index is 2.50. The first-order valence-electron chi connectivity index (χ1n) is 19.1. The van der Waals surface area contributed by atoms with Crippen LogP contribution < -0.4 is 14.2 Å². The van der Waals surface area contributed by atoms with Crippen LogP contribution in [0.15, 0.2) is 12.1 Å². The summed E-state index contributed by atoms with van der Waals surface area (Å²) in [4.78, 5) is 0. The summed E-state index contributed by atoms with van der Waals surface area (Å²) in [6, 6.07) is 4.07. The lowest BCUT2D eigenvalue weighted by Crippen LogP contribution is -2.06. The molecule has 0 aliphatic heterocycles. The lowest BCUT2D eigenvalue weighted by Gasteiger charge is -2.18. The van der Waals surface area contributed by atoms with E-state index in [9.17, 15) is 0 Å². The molecule has 251 valence electrons. The van der Waals surface area contributed by atoms with E-state index in [-0.39, 0.29) is 0 Å². The molecule has 0 saturated heterocycles. The Hall–Kier alpha value is -1.38. The highest BCUT2D eigenvalue weighted by Crippen LogP contribution is 2.39. The van der Waals surface area contributed by atoms with Crippen LogP contribution in [0.5, 0.6) is 17.2 Å². The Bertz CT molecular complexity index is 671. The molecule has 0 spiro atoms. The fourth-order valence-corrected chi connectivity index (χ4v) is 5.76. The van der Waals surface area contributed by atoms with Gasteiger partial charge < -0.3 is 14.2 Å². The molecule has 0 aliphatic carbocycles. The first-order valence-corrected chi connectivity index (χ1v) is 19.1. The monoisotopic (exact) mass is 602 g/mol. The minimum atomic E-state index is 0.717. The molecule has 0 unspecified atom stereocenters. The van der Waals surface area contributed by atoms with Gasteiger partial charge in [0.15, 0.2) is 11.5 Å². The third kappa shape index (κ3) is 23.6. The van der Waals surface area contributed by atoms with E-state index < -0.39 is 0 Å². The third-order valence-electron chi connectivity index (χ3n) is 8.59. The standard InChI is InChI=1S/C40H73O3/c1-5-8-11-14-17-20-23-26-29-32-41-38-35-37(4)36-39(42-33-30-27-24-21-18-15-12-9-6-2)40(38)43-34-31-28-25-22-19-16-13-10-7-3/h35-36H,4-34H2,1-3H3. The van der Waals surface area contributed by atoms with Gasteiger partial charge >= 0.3 is 0 Å². The van der Waals surface area contributed by atoms with Crippen molar-refractivity contribution in [3.63, 3.8) is 0 Å². The quantitative estimate of drug-likeness (QED) is 0.0750. The molecule has 0 aromatic heterocycles. The maximum absolute atomic E-state index is 6.39. The van der Waals surface area contributed by atoms with Gasteiger partial charge in [-0.05, 0) is 43.9 Å². The predicted octanol–water partition coefficient (Wildman–Crippen LogP) is 13.6. The average molecular weight is 602 g/mol. The highest BCUT2D eigenvalue weighted by atomic mass is 16.5. The van der Waals surface area contributed by atoms with Crippen molar-refractivity contribution in [2.24, 2.45) is 0 Å². The zero-order chi connectivity index (χ0) is 31.1. The van der Waals surface area contributed by atoms with Crippen LogP contribution in [0.3, 0.4) is 0 Å². The van der Waals surface area contributed by atoms with Crippen LogP contribution in [-0.2, 0) is 0 Å². The largest absolute Gasteiger partial charge is 0.490 e. The van der Waals surface area contributed by atoms with E-state index in [1.54, 1.807) is 0 Å². The van der Waals surface area contributed by atoms with Crippen molar-refractivity contribution < 1.29 is 14.2 Å². The van der Waals surface area contributed by atoms with Crippen LogP contribution in [0.2, 0.25) is 0 Å². The van der Waals surface area contributed by atoms with Gasteiger partial charge in [-0.3, -0.25) is 0 Å².